The highest BCUT2D eigenvalue weighted by molar-refractivity contribution is 6.31. The molecule has 0 aliphatic carbocycles. The molecule has 0 heterocycles. The Kier molecular flexibility index (Phi) is 4.32. The Morgan fingerprint density at radius 2 is 2.27 bits per heavy atom. The Bertz CT molecular complexity index is 323. The van der Waals surface area contributed by atoms with E-state index in [2.05, 4.69) is 0 Å². The van der Waals surface area contributed by atoms with Crippen molar-refractivity contribution in [2.75, 3.05) is 13.7 Å². The molecule has 0 fully saturated rings. The summed E-state index contributed by atoms with van der Waals surface area (Å²) < 4.78 is 18.4. The zero-order chi connectivity index (χ0) is 11.4. The highest BCUT2D eigenvalue weighted by atomic mass is 35.5. The van der Waals surface area contributed by atoms with E-state index in [1.807, 2.05) is 0 Å². The van der Waals surface area contributed by atoms with Crippen LogP contribution >= 0.6 is 11.6 Å². The van der Waals surface area contributed by atoms with Crippen molar-refractivity contribution in [1.29, 1.82) is 0 Å². The maximum absolute atomic E-state index is 13.5. The lowest BCUT2D eigenvalue weighted by Crippen LogP contribution is -2.14. The van der Waals surface area contributed by atoms with Crippen molar-refractivity contribution in [1.82, 2.24) is 0 Å². The molecule has 1 aromatic rings. The monoisotopic (exact) mass is 233 g/mol. The number of nitrogens with two attached hydrogens (primary N) is 1. The third-order valence-electron chi connectivity index (χ3n) is 2.10. The van der Waals surface area contributed by atoms with Gasteiger partial charge in [0.25, 0.3) is 0 Å². The molecule has 1 rings (SSSR count). The Morgan fingerprint density at radius 3 is 2.73 bits per heavy atom. The van der Waals surface area contributed by atoms with Crippen molar-refractivity contribution >= 4 is 11.6 Å². The van der Waals surface area contributed by atoms with Gasteiger partial charge in [-0.2, -0.15) is 0 Å². The lowest BCUT2D eigenvalue weighted by molar-refractivity contribution is 0.275. The third-order valence-corrected chi connectivity index (χ3v) is 2.41. The van der Waals surface area contributed by atoms with Gasteiger partial charge in [0.15, 0.2) is 0 Å². The molecule has 0 spiro atoms. The number of hydrogen-bond acceptors (Lipinski definition) is 3. The van der Waals surface area contributed by atoms with Crippen molar-refractivity contribution < 1.29 is 14.2 Å². The minimum Gasteiger partial charge on any atom is -0.497 e. The first-order chi connectivity index (χ1) is 7.10. The average molecular weight is 234 g/mol. The Labute approximate surface area is 92.6 Å². The van der Waals surface area contributed by atoms with Gasteiger partial charge >= 0.3 is 0 Å². The fourth-order valence-electron chi connectivity index (χ4n) is 1.32. The van der Waals surface area contributed by atoms with E-state index in [1.54, 1.807) is 0 Å². The molecule has 15 heavy (non-hydrogen) atoms. The second-order valence-electron chi connectivity index (χ2n) is 3.12. The summed E-state index contributed by atoms with van der Waals surface area (Å²) in [6.07, 6.45) is 0.267. The molecule has 3 N–H and O–H groups in total. The van der Waals surface area contributed by atoms with Crippen molar-refractivity contribution in [2.24, 2.45) is 5.73 Å². The van der Waals surface area contributed by atoms with Crippen LogP contribution in [0.1, 0.15) is 18.0 Å². The van der Waals surface area contributed by atoms with Crippen LogP contribution < -0.4 is 10.5 Å². The van der Waals surface area contributed by atoms with Crippen LogP contribution in [0.3, 0.4) is 0 Å². The highest BCUT2D eigenvalue weighted by Crippen LogP contribution is 2.30. The largest absolute Gasteiger partial charge is 0.497 e. The normalized spacial score (nSPS) is 12.6. The zero-order valence-corrected chi connectivity index (χ0v) is 9.09. The van der Waals surface area contributed by atoms with Gasteiger partial charge < -0.3 is 15.6 Å². The second kappa shape index (κ2) is 5.30. The van der Waals surface area contributed by atoms with Crippen LogP contribution in [-0.2, 0) is 0 Å². The first-order valence-electron chi connectivity index (χ1n) is 4.49. The molecule has 5 heteroatoms. The predicted molar refractivity (Wildman–Crippen MR) is 56.6 cm³/mol. The quantitative estimate of drug-likeness (QED) is 0.835. The van der Waals surface area contributed by atoms with E-state index in [0.717, 1.165) is 0 Å². The van der Waals surface area contributed by atoms with Crippen molar-refractivity contribution in [2.45, 2.75) is 12.5 Å². The van der Waals surface area contributed by atoms with Crippen LogP contribution in [0.25, 0.3) is 0 Å². The van der Waals surface area contributed by atoms with E-state index in [9.17, 15) is 4.39 Å². The summed E-state index contributed by atoms with van der Waals surface area (Å²) in [4.78, 5) is 0. The minimum atomic E-state index is -0.603. The maximum Gasteiger partial charge on any atom is 0.133 e. The zero-order valence-electron chi connectivity index (χ0n) is 8.34. The van der Waals surface area contributed by atoms with Crippen molar-refractivity contribution in [3.05, 3.63) is 28.5 Å². The number of halogens is 2. The molecular formula is C10H13ClFNO2. The molecule has 3 nitrogen and oxygen atoms in total. The predicted octanol–water partition coefficient (Wildman–Crippen LogP) is 1.87. The Morgan fingerprint density at radius 1 is 1.60 bits per heavy atom. The molecule has 1 unspecified atom stereocenters. The standard InChI is InChI=1S/C10H13ClFNO2/c1-15-6-4-7(11)10(8(12)5-6)9(13)2-3-14/h4-5,9,14H,2-3,13H2,1H3. The number of benzene rings is 1. The molecular weight excluding hydrogens is 221 g/mol. The molecule has 84 valence electrons. The summed E-state index contributed by atoms with van der Waals surface area (Å²) >= 11 is 5.86. The molecule has 0 aliphatic heterocycles. The van der Waals surface area contributed by atoms with Crippen molar-refractivity contribution in [3.8, 4) is 5.75 Å². The van der Waals surface area contributed by atoms with Crippen LogP contribution in [0.15, 0.2) is 12.1 Å². The van der Waals surface area contributed by atoms with Gasteiger partial charge in [0.2, 0.25) is 0 Å². The average Bonchev–Trinajstić information content (AvgIpc) is 2.16. The van der Waals surface area contributed by atoms with Crippen molar-refractivity contribution in [3.63, 3.8) is 0 Å². The summed E-state index contributed by atoms with van der Waals surface area (Å²) in [7, 11) is 1.43. The van der Waals surface area contributed by atoms with E-state index in [0.29, 0.717) is 5.75 Å². The fraction of sp³-hybridized carbons (Fsp3) is 0.400. The van der Waals surface area contributed by atoms with Crippen LogP contribution in [0.2, 0.25) is 5.02 Å². The van der Waals surface area contributed by atoms with Gasteiger partial charge in [0.1, 0.15) is 11.6 Å². The number of ether oxygens (including phenoxy) is 1. The summed E-state index contributed by atoms with van der Waals surface area (Å²) in [5.74, 6) is -0.169. The first kappa shape index (κ1) is 12.2. The maximum atomic E-state index is 13.5. The number of aliphatic hydroxyl groups excluding tert-OH is 1. The van der Waals surface area contributed by atoms with Crippen LogP contribution in [-0.4, -0.2) is 18.8 Å². The van der Waals surface area contributed by atoms with Crippen LogP contribution in [0, 0.1) is 5.82 Å². The smallest absolute Gasteiger partial charge is 0.133 e. The highest BCUT2D eigenvalue weighted by Gasteiger charge is 2.16. The minimum absolute atomic E-state index is 0.108. The topological polar surface area (TPSA) is 55.5 Å². The summed E-state index contributed by atoms with van der Waals surface area (Å²) in [6.45, 7) is -0.108. The van der Waals surface area contributed by atoms with Gasteiger partial charge in [-0.15, -0.1) is 0 Å². The Balaban J connectivity index is 3.07. The lowest BCUT2D eigenvalue weighted by atomic mass is 10.0. The fourth-order valence-corrected chi connectivity index (χ4v) is 1.65. The lowest BCUT2D eigenvalue weighted by Gasteiger charge is -2.14. The molecule has 0 saturated heterocycles. The van der Waals surface area contributed by atoms with Gasteiger partial charge in [-0.25, -0.2) is 4.39 Å². The molecule has 0 bridgehead atoms. The van der Waals surface area contributed by atoms with E-state index in [1.165, 1.54) is 19.2 Å². The summed E-state index contributed by atoms with van der Waals surface area (Å²) in [5, 5.41) is 8.93. The number of hydrogen-bond donors (Lipinski definition) is 2. The molecule has 0 saturated carbocycles. The number of rotatable bonds is 4. The molecule has 0 amide bonds. The van der Waals surface area contributed by atoms with E-state index < -0.39 is 11.9 Å². The van der Waals surface area contributed by atoms with Gasteiger partial charge in [-0.3, -0.25) is 0 Å². The van der Waals surface area contributed by atoms with E-state index in [-0.39, 0.29) is 23.6 Å². The molecule has 0 aromatic heterocycles. The number of aliphatic hydroxyl groups is 1. The molecule has 1 atom stereocenters. The summed E-state index contributed by atoms with van der Waals surface area (Å²) in [6, 6.07) is 2.11. The summed E-state index contributed by atoms with van der Waals surface area (Å²) in [5.41, 5.74) is 5.89. The van der Waals surface area contributed by atoms with E-state index in [4.69, 9.17) is 27.2 Å². The molecule has 0 aliphatic rings. The third kappa shape index (κ3) is 2.81. The van der Waals surface area contributed by atoms with Gasteiger partial charge in [-0.1, -0.05) is 11.6 Å². The second-order valence-corrected chi connectivity index (χ2v) is 3.53. The van der Waals surface area contributed by atoms with Gasteiger partial charge in [0, 0.05) is 24.3 Å². The van der Waals surface area contributed by atoms with E-state index >= 15 is 0 Å². The Hall–Kier alpha value is -0.840. The van der Waals surface area contributed by atoms with Crippen LogP contribution in [0.4, 0.5) is 4.39 Å². The van der Waals surface area contributed by atoms with Gasteiger partial charge in [-0.05, 0) is 12.5 Å². The SMILES string of the molecule is COc1cc(F)c(C(N)CCO)c(Cl)c1. The van der Waals surface area contributed by atoms with Crippen LogP contribution in [0.5, 0.6) is 5.75 Å². The molecule has 1 aromatic carbocycles. The van der Waals surface area contributed by atoms with Gasteiger partial charge in [0.05, 0.1) is 12.1 Å². The molecule has 0 radical (unpaired) electrons. The first-order valence-corrected chi connectivity index (χ1v) is 4.87. The number of methoxy groups -OCH3 is 1.